The number of methoxy groups -OCH3 is 1. The topological polar surface area (TPSA) is 75.6 Å². The van der Waals surface area contributed by atoms with E-state index in [1.807, 2.05) is 24.3 Å². The van der Waals surface area contributed by atoms with Gasteiger partial charge in [0.1, 0.15) is 11.3 Å². The molecule has 0 unspecified atom stereocenters. The standard InChI is InChI=1S/C15H19NO4S2/c1-20-11-2-4-12(5-3-11)22-10-13(17)16-15(14(18)19)6-8-21-9-7-15/h2-5H,6-10H2,1H3,(H,16,17)(H,18,19). The van der Waals surface area contributed by atoms with Gasteiger partial charge >= 0.3 is 5.97 Å². The van der Waals surface area contributed by atoms with Gasteiger partial charge in [0.15, 0.2) is 0 Å². The summed E-state index contributed by atoms with van der Waals surface area (Å²) in [5, 5.41) is 12.2. The molecule has 1 aromatic rings. The van der Waals surface area contributed by atoms with Gasteiger partial charge < -0.3 is 15.2 Å². The largest absolute Gasteiger partial charge is 0.497 e. The number of rotatable bonds is 6. The van der Waals surface area contributed by atoms with Crippen molar-refractivity contribution in [3.05, 3.63) is 24.3 Å². The van der Waals surface area contributed by atoms with Gasteiger partial charge in [0.2, 0.25) is 5.91 Å². The van der Waals surface area contributed by atoms with Crippen molar-refractivity contribution in [2.45, 2.75) is 23.3 Å². The monoisotopic (exact) mass is 341 g/mol. The molecule has 1 saturated heterocycles. The molecule has 0 atom stereocenters. The van der Waals surface area contributed by atoms with E-state index in [9.17, 15) is 14.7 Å². The lowest BCUT2D eigenvalue weighted by molar-refractivity contribution is -0.147. The van der Waals surface area contributed by atoms with Crippen LogP contribution in [0, 0.1) is 0 Å². The van der Waals surface area contributed by atoms with Gasteiger partial charge in [0.25, 0.3) is 0 Å². The molecule has 0 aliphatic carbocycles. The summed E-state index contributed by atoms with van der Waals surface area (Å²) in [4.78, 5) is 24.5. The summed E-state index contributed by atoms with van der Waals surface area (Å²) < 4.78 is 5.08. The Kier molecular flexibility index (Phi) is 6.02. The summed E-state index contributed by atoms with van der Waals surface area (Å²) in [6, 6.07) is 7.41. The first kappa shape index (κ1) is 17.0. The van der Waals surface area contributed by atoms with E-state index in [1.165, 1.54) is 11.8 Å². The number of hydrogen-bond donors (Lipinski definition) is 2. The minimum absolute atomic E-state index is 0.203. The number of nitrogens with one attached hydrogen (secondary N) is 1. The number of aliphatic carboxylic acids is 1. The van der Waals surface area contributed by atoms with Crippen LogP contribution in [0.4, 0.5) is 0 Å². The lowest BCUT2D eigenvalue weighted by atomic mass is 9.92. The second-order valence-electron chi connectivity index (χ2n) is 5.01. The van der Waals surface area contributed by atoms with Crippen molar-refractivity contribution in [3.8, 4) is 5.75 Å². The van der Waals surface area contributed by atoms with Crippen LogP contribution < -0.4 is 10.1 Å². The van der Waals surface area contributed by atoms with Crippen molar-refractivity contribution in [2.24, 2.45) is 0 Å². The molecule has 1 amide bonds. The van der Waals surface area contributed by atoms with E-state index in [0.717, 1.165) is 22.2 Å². The molecule has 5 nitrogen and oxygen atoms in total. The van der Waals surface area contributed by atoms with Crippen LogP contribution in [0.2, 0.25) is 0 Å². The van der Waals surface area contributed by atoms with E-state index in [1.54, 1.807) is 18.9 Å². The average Bonchev–Trinajstić information content (AvgIpc) is 2.54. The Morgan fingerprint density at radius 1 is 1.32 bits per heavy atom. The highest BCUT2D eigenvalue weighted by Crippen LogP contribution is 2.28. The van der Waals surface area contributed by atoms with Crippen LogP contribution in [0.15, 0.2) is 29.2 Å². The van der Waals surface area contributed by atoms with Crippen LogP contribution in [0.1, 0.15) is 12.8 Å². The fraction of sp³-hybridized carbons (Fsp3) is 0.467. The fourth-order valence-electron chi connectivity index (χ4n) is 2.24. The molecule has 2 N–H and O–H groups in total. The maximum absolute atomic E-state index is 12.1. The summed E-state index contributed by atoms with van der Waals surface area (Å²) in [6.45, 7) is 0. The summed E-state index contributed by atoms with van der Waals surface area (Å²) in [6.07, 6.45) is 0.956. The summed E-state index contributed by atoms with van der Waals surface area (Å²) in [5.41, 5.74) is -1.09. The lowest BCUT2D eigenvalue weighted by Crippen LogP contribution is -2.57. The van der Waals surface area contributed by atoms with Crippen molar-refractivity contribution < 1.29 is 19.4 Å². The van der Waals surface area contributed by atoms with Gasteiger partial charge in [-0.2, -0.15) is 11.8 Å². The molecule has 7 heteroatoms. The molecule has 0 saturated carbocycles. The number of carbonyl (C=O) groups is 2. The molecule has 2 rings (SSSR count). The van der Waals surface area contributed by atoms with Gasteiger partial charge in [-0.15, -0.1) is 11.8 Å². The van der Waals surface area contributed by atoms with Crippen molar-refractivity contribution >= 4 is 35.4 Å². The molecule has 22 heavy (non-hydrogen) atoms. The first-order chi connectivity index (χ1) is 10.6. The zero-order valence-corrected chi connectivity index (χ0v) is 14.0. The molecule has 0 bridgehead atoms. The molecular formula is C15H19NO4S2. The second-order valence-corrected chi connectivity index (χ2v) is 7.29. The van der Waals surface area contributed by atoms with E-state index < -0.39 is 11.5 Å². The first-order valence-electron chi connectivity index (χ1n) is 6.95. The zero-order chi connectivity index (χ0) is 16.0. The van der Waals surface area contributed by atoms with Crippen LogP contribution in [-0.4, -0.2) is 46.9 Å². The molecule has 0 aromatic heterocycles. The van der Waals surface area contributed by atoms with E-state index in [-0.39, 0.29) is 11.7 Å². The summed E-state index contributed by atoms with van der Waals surface area (Å²) in [5.74, 6) is 1.31. The number of amides is 1. The van der Waals surface area contributed by atoms with Gasteiger partial charge in [0, 0.05) is 4.90 Å². The number of carbonyl (C=O) groups excluding carboxylic acids is 1. The van der Waals surface area contributed by atoms with E-state index >= 15 is 0 Å². The molecule has 0 radical (unpaired) electrons. The molecule has 1 aliphatic heterocycles. The Balaban J connectivity index is 1.89. The van der Waals surface area contributed by atoms with Gasteiger partial charge in [-0.3, -0.25) is 4.79 Å². The van der Waals surface area contributed by atoms with Gasteiger partial charge in [-0.25, -0.2) is 4.79 Å². The lowest BCUT2D eigenvalue weighted by Gasteiger charge is -2.33. The number of carboxylic acids is 1. The Bertz CT molecular complexity index is 527. The van der Waals surface area contributed by atoms with Crippen LogP contribution in [0.25, 0.3) is 0 Å². The SMILES string of the molecule is COc1ccc(SCC(=O)NC2(C(=O)O)CCSCC2)cc1. The van der Waals surface area contributed by atoms with Crippen LogP contribution >= 0.6 is 23.5 Å². The number of hydrogen-bond acceptors (Lipinski definition) is 5. The Hall–Kier alpha value is -1.34. The van der Waals surface area contributed by atoms with Crippen molar-refractivity contribution in [1.29, 1.82) is 0 Å². The third kappa shape index (κ3) is 4.33. The van der Waals surface area contributed by atoms with E-state index in [0.29, 0.717) is 12.8 Å². The molecule has 120 valence electrons. The quantitative estimate of drug-likeness (QED) is 0.773. The molecular weight excluding hydrogens is 322 g/mol. The zero-order valence-electron chi connectivity index (χ0n) is 12.3. The molecule has 0 spiro atoms. The number of carboxylic acid groups (broad SMARTS) is 1. The molecule has 1 fully saturated rings. The van der Waals surface area contributed by atoms with Gasteiger partial charge in [-0.05, 0) is 48.6 Å². The number of thioether (sulfide) groups is 2. The predicted molar refractivity (Wildman–Crippen MR) is 88.8 cm³/mol. The smallest absolute Gasteiger partial charge is 0.329 e. The predicted octanol–water partition coefficient (Wildman–Crippen LogP) is 2.25. The average molecular weight is 341 g/mol. The van der Waals surface area contributed by atoms with Gasteiger partial charge in [-0.1, -0.05) is 0 Å². The van der Waals surface area contributed by atoms with Crippen molar-refractivity contribution in [1.82, 2.24) is 5.32 Å². The maximum atomic E-state index is 12.1. The molecule has 1 heterocycles. The molecule has 1 aliphatic rings. The third-order valence-corrected chi connectivity index (χ3v) is 5.56. The van der Waals surface area contributed by atoms with Crippen LogP contribution in [0.5, 0.6) is 5.75 Å². The highest BCUT2D eigenvalue weighted by Gasteiger charge is 2.41. The summed E-state index contributed by atoms with van der Waals surface area (Å²) in [7, 11) is 1.60. The Labute approximate surface area is 138 Å². The Morgan fingerprint density at radius 3 is 2.50 bits per heavy atom. The minimum atomic E-state index is -1.09. The normalized spacial score (nSPS) is 16.8. The second kappa shape index (κ2) is 7.78. The van der Waals surface area contributed by atoms with Crippen molar-refractivity contribution in [2.75, 3.05) is 24.4 Å². The van der Waals surface area contributed by atoms with Crippen molar-refractivity contribution in [3.63, 3.8) is 0 Å². The summed E-state index contributed by atoms with van der Waals surface area (Å²) >= 11 is 3.10. The first-order valence-corrected chi connectivity index (χ1v) is 9.09. The number of ether oxygens (including phenoxy) is 1. The van der Waals surface area contributed by atoms with Crippen LogP contribution in [0.3, 0.4) is 0 Å². The highest BCUT2D eigenvalue weighted by atomic mass is 32.2. The van der Waals surface area contributed by atoms with E-state index in [2.05, 4.69) is 5.32 Å². The minimum Gasteiger partial charge on any atom is -0.497 e. The third-order valence-electron chi connectivity index (χ3n) is 3.56. The maximum Gasteiger partial charge on any atom is 0.329 e. The highest BCUT2D eigenvalue weighted by molar-refractivity contribution is 8.00. The van der Waals surface area contributed by atoms with E-state index in [4.69, 9.17) is 4.74 Å². The van der Waals surface area contributed by atoms with Gasteiger partial charge in [0.05, 0.1) is 12.9 Å². The van der Waals surface area contributed by atoms with Crippen LogP contribution in [-0.2, 0) is 9.59 Å². The Morgan fingerprint density at radius 2 is 1.95 bits per heavy atom. The fourth-order valence-corrected chi connectivity index (χ4v) is 4.12. The number of benzene rings is 1. The molecule has 1 aromatic carbocycles.